The van der Waals surface area contributed by atoms with Crippen LogP contribution in [0.1, 0.15) is 28.7 Å². The van der Waals surface area contributed by atoms with Crippen molar-refractivity contribution in [1.82, 2.24) is 5.32 Å². The van der Waals surface area contributed by atoms with Gasteiger partial charge in [-0.2, -0.15) is 0 Å². The molecule has 2 N–H and O–H groups in total. The lowest BCUT2D eigenvalue weighted by atomic mass is 10.0. The van der Waals surface area contributed by atoms with Crippen molar-refractivity contribution in [3.05, 3.63) is 70.0 Å². The zero-order valence-electron chi connectivity index (χ0n) is 15.5. The van der Waals surface area contributed by atoms with Gasteiger partial charge in [-0.3, -0.25) is 9.59 Å². The van der Waals surface area contributed by atoms with Gasteiger partial charge in [-0.05, 0) is 48.7 Å². The van der Waals surface area contributed by atoms with Crippen molar-refractivity contribution < 1.29 is 19.1 Å². The molecular formula is C21H21FN2O3. The first-order valence-electron chi connectivity index (χ1n) is 8.62. The number of anilines is 1. The summed E-state index contributed by atoms with van der Waals surface area (Å²) in [5.74, 6) is -1.40. The Balaban J connectivity index is 2.10. The van der Waals surface area contributed by atoms with Crippen molar-refractivity contribution in [3.8, 4) is 0 Å². The third-order valence-corrected chi connectivity index (χ3v) is 4.69. The first-order valence-corrected chi connectivity index (χ1v) is 8.62. The molecule has 0 aliphatic carbocycles. The molecule has 3 rings (SSSR count). The van der Waals surface area contributed by atoms with Gasteiger partial charge >= 0.3 is 0 Å². The van der Waals surface area contributed by atoms with Crippen LogP contribution in [0.4, 0.5) is 10.1 Å². The summed E-state index contributed by atoms with van der Waals surface area (Å²) in [6, 6.07) is 10.1. The number of aliphatic hydroxyl groups excluding tert-OH is 1. The highest BCUT2D eigenvalue weighted by atomic mass is 19.1. The van der Waals surface area contributed by atoms with Crippen LogP contribution in [0.15, 0.2) is 42.0 Å². The number of nitrogens with zero attached hydrogens (tertiary/aromatic N) is 1. The molecule has 2 aromatic carbocycles. The van der Waals surface area contributed by atoms with Crippen molar-refractivity contribution in [1.29, 1.82) is 0 Å². The third-order valence-electron chi connectivity index (χ3n) is 4.69. The minimum Gasteiger partial charge on any atom is -0.507 e. The molecule has 0 saturated carbocycles. The monoisotopic (exact) mass is 368 g/mol. The summed E-state index contributed by atoms with van der Waals surface area (Å²) in [6.07, 6.45) is -0.242. The van der Waals surface area contributed by atoms with E-state index in [0.717, 1.165) is 5.56 Å². The van der Waals surface area contributed by atoms with Gasteiger partial charge < -0.3 is 15.3 Å². The van der Waals surface area contributed by atoms with E-state index in [1.54, 1.807) is 37.3 Å². The zero-order chi connectivity index (χ0) is 19.7. The molecule has 27 heavy (non-hydrogen) atoms. The zero-order valence-corrected chi connectivity index (χ0v) is 15.5. The number of carbonyl (C=O) groups excluding carboxylic acids is 2. The van der Waals surface area contributed by atoms with E-state index in [1.165, 1.54) is 18.0 Å². The molecule has 5 nitrogen and oxygen atoms in total. The predicted octanol–water partition coefficient (Wildman–Crippen LogP) is 3.39. The Morgan fingerprint density at radius 2 is 1.96 bits per heavy atom. The highest BCUT2D eigenvalue weighted by Crippen LogP contribution is 2.35. The Labute approximate surface area is 157 Å². The average molecular weight is 368 g/mol. The summed E-state index contributed by atoms with van der Waals surface area (Å²) < 4.78 is 13.9. The first kappa shape index (κ1) is 18.6. The fourth-order valence-corrected chi connectivity index (χ4v) is 3.12. The molecule has 0 atom stereocenters. The number of carbonyl (C=O) groups is 2. The molecule has 1 heterocycles. The minimum atomic E-state index is -0.504. The molecule has 0 aromatic heterocycles. The molecule has 1 aliphatic rings. The van der Waals surface area contributed by atoms with E-state index in [-0.39, 0.29) is 36.0 Å². The summed E-state index contributed by atoms with van der Waals surface area (Å²) in [5, 5.41) is 13.1. The van der Waals surface area contributed by atoms with Crippen molar-refractivity contribution in [2.45, 2.75) is 26.8 Å². The van der Waals surface area contributed by atoms with Crippen molar-refractivity contribution in [2.24, 2.45) is 0 Å². The SMILES string of the molecule is CNC(=O)C1=C(O)c2ccc(C)cc2N(Cc2ccc(C)c(F)c2)C(=O)C1. The fraction of sp³-hybridized carbons (Fsp3) is 0.238. The standard InChI is InChI=1S/C21H21FN2O3/c1-12-4-7-15-18(8-12)24(11-14-6-5-13(2)17(22)9-14)19(25)10-16(20(15)26)21(27)23-3/h4-9,26H,10-11H2,1-3H3,(H,23,27). The molecule has 2 aromatic rings. The molecular weight excluding hydrogens is 347 g/mol. The van der Waals surface area contributed by atoms with Crippen LogP contribution in [0.25, 0.3) is 5.76 Å². The van der Waals surface area contributed by atoms with Gasteiger partial charge in [0.05, 0.1) is 24.2 Å². The van der Waals surface area contributed by atoms with Gasteiger partial charge in [0, 0.05) is 12.6 Å². The molecule has 0 fully saturated rings. The van der Waals surface area contributed by atoms with Crippen molar-refractivity contribution >= 4 is 23.3 Å². The van der Waals surface area contributed by atoms with Crippen molar-refractivity contribution in [3.63, 3.8) is 0 Å². The van der Waals surface area contributed by atoms with Gasteiger partial charge in [0.1, 0.15) is 11.6 Å². The molecule has 0 saturated heterocycles. The lowest BCUT2D eigenvalue weighted by Gasteiger charge is -2.24. The second-order valence-electron chi connectivity index (χ2n) is 6.67. The average Bonchev–Trinajstić information content (AvgIpc) is 2.74. The molecule has 6 heteroatoms. The number of amides is 2. The third kappa shape index (κ3) is 3.56. The number of halogens is 1. The van der Waals surface area contributed by atoms with Crippen molar-refractivity contribution in [2.75, 3.05) is 11.9 Å². The fourth-order valence-electron chi connectivity index (χ4n) is 3.12. The Bertz CT molecular complexity index is 966. The number of rotatable bonds is 3. The largest absolute Gasteiger partial charge is 0.507 e. The van der Waals surface area contributed by atoms with Crippen LogP contribution in [-0.4, -0.2) is 24.0 Å². The number of hydrogen-bond acceptors (Lipinski definition) is 3. The van der Waals surface area contributed by atoms with Gasteiger partial charge in [-0.15, -0.1) is 0 Å². The van der Waals surface area contributed by atoms with Crippen LogP contribution in [0.5, 0.6) is 0 Å². The van der Waals surface area contributed by atoms with E-state index in [4.69, 9.17) is 0 Å². The normalized spacial score (nSPS) is 14.1. The Morgan fingerprint density at radius 1 is 1.22 bits per heavy atom. The maximum Gasteiger partial charge on any atom is 0.251 e. The summed E-state index contributed by atoms with van der Waals surface area (Å²) in [6.45, 7) is 3.69. The van der Waals surface area contributed by atoms with Gasteiger partial charge in [-0.1, -0.05) is 18.2 Å². The number of benzene rings is 2. The number of nitrogens with one attached hydrogen (secondary N) is 1. The van der Waals surface area contributed by atoms with Crippen LogP contribution in [0.3, 0.4) is 0 Å². The van der Waals surface area contributed by atoms with Crippen LogP contribution in [0.2, 0.25) is 0 Å². The number of likely N-dealkylation sites (N-methyl/N-ethyl adjacent to an activating group) is 1. The van der Waals surface area contributed by atoms with E-state index < -0.39 is 5.91 Å². The molecule has 1 aliphatic heterocycles. The number of aryl methyl sites for hydroxylation is 2. The van der Waals surface area contributed by atoms with Crippen LogP contribution in [-0.2, 0) is 16.1 Å². The second kappa shape index (κ2) is 7.23. The summed E-state index contributed by atoms with van der Waals surface area (Å²) in [5.41, 5.74) is 2.97. The lowest BCUT2D eigenvalue weighted by molar-refractivity contribution is -0.121. The molecule has 0 unspecified atom stereocenters. The minimum absolute atomic E-state index is 0.0187. The maximum atomic E-state index is 13.9. The van der Waals surface area contributed by atoms with E-state index in [9.17, 15) is 19.1 Å². The van der Waals surface area contributed by atoms with E-state index in [1.807, 2.05) is 6.92 Å². The van der Waals surface area contributed by atoms with Gasteiger partial charge in [0.2, 0.25) is 5.91 Å². The van der Waals surface area contributed by atoms with Gasteiger partial charge in [0.25, 0.3) is 5.91 Å². The number of hydrogen-bond donors (Lipinski definition) is 2. The topological polar surface area (TPSA) is 69.6 Å². The second-order valence-corrected chi connectivity index (χ2v) is 6.67. The van der Waals surface area contributed by atoms with E-state index in [2.05, 4.69) is 5.32 Å². The Morgan fingerprint density at radius 3 is 2.63 bits per heavy atom. The maximum absolute atomic E-state index is 13.9. The molecule has 0 bridgehead atoms. The first-order chi connectivity index (χ1) is 12.8. The van der Waals surface area contributed by atoms with Gasteiger partial charge in [0.15, 0.2) is 0 Å². The number of fused-ring (bicyclic) bond motifs is 1. The van der Waals surface area contributed by atoms with Crippen LogP contribution in [0, 0.1) is 19.7 Å². The summed E-state index contributed by atoms with van der Waals surface area (Å²) in [7, 11) is 1.45. The smallest absolute Gasteiger partial charge is 0.251 e. The Kier molecular flexibility index (Phi) is 4.99. The predicted molar refractivity (Wildman–Crippen MR) is 102 cm³/mol. The van der Waals surface area contributed by atoms with Crippen LogP contribution < -0.4 is 10.2 Å². The lowest BCUT2D eigenvalue weighted by Crippen LogP contribution is -2.31. The highest BCUT2D eigenvalue weighted by Gasteiger charge is 2.30. The molecule has 140 valence electrons. The van der Waals surface area contributed by atoms with Gasteiger partial charge in [-0.25, -0.2) is 4.39 Å². The highest BCUT2D eigenvalue weighted by molar-refractivity contribution is 6.10. The number of aliphatic hydroxyl groups is 1. The molecule has 0 radical (unpaired) electrons. The van der Waals surface area contributed by atoms with E-state index >= 15 is 0 Å². The summed E-state index contributed by atoms with van der Waals surface area (Å²) >= 11 is 0. The van der Waals surface area contributed by atoms with Crippen LogP contribution >= 0.6 is 0 Å². The summed E-state index contributed by atoms with van der Waals surface area (Å²) in [4.78, 5) is 26.6. The molecule has 0 spiro atoms. The van der Waals surface area contributed by atoms with E-state index in [0.29, 0.717) is 22.4 Å². The Hall–Kier alpha value is -3.15. The quantitative estimate of drug-likeness (QED) is 0.872. The molecule has 2 amide bonds.